The van der Waals surface area contributed by atoms with E-state index in [1.54, 1.807) is 30.3 Å². The molecule has 1 aromatic carbocycles. The summed E-state index contributed by atoms with van der Waals surface area (Å²) in [5.74, 6) is -0.556. The maximum absolute atomic E-state index is 13.5. The number of H-pyrrole nitrogens is 1. The van der Waals surface area contributed by atoms with E-state index in [1.807, 2.05) is 0 Å². The van der Waals surface area contributed by atoms with Crippen LogP contribution in [0.25, 0.3) is 11.0 Å². The number of nitrogens with one attached hydrogen (secondary N) is 2. The van der Waals surface area contributed by atoms with E-state index in [0.717, 1.165) is 0 Å². The number of sulfonamides is 1. The number of aromatic nitrogens is 3. The van der Waals surface area contributed by atoms with Crippen molar-refractivity contribution in [3.05, 3.63) is 70.2 Å². The molecule has 0 fully saturated rings. The van der Waals surface area contributed by atoms with Crippen LogP contribution in [0.1, 0.15) is 11.4 Å². The van der Waals surface area contributed by atoms with Crippen molar-refractivity contribution in [2.24, 2.45) is 0 Å². The third-order valence-electron chi connectivity index (χ3n) is 3.59. The highest BCUT2D eigenvalue weighted by atomic mass is 32.2. The summed E-state index contributed by atoms with van der Waals surface area (Å²) in [7, 11) is -3.66. The average molecular weight is 362 g/mol. The second kappa shape index (κ2) is 7.08. The first-order chi connectivity index (χ1) is 11.9. The number of hydrogen-bond acceptors (Lipinski definition) is 5. The first kappa shape index (κ1) is 17.2. The Morgan fingerprint density at radius 1 is 1.16 bits per heavy atom. The van der Waals surface area contributed by atoms with Crippen molar-refractivity contribution in [2.45, 2.75) is 13.0 Å². The Bertz CT molecular complexity index is 1070. The quantitative estimate of drug-likeness (QED) is 0.684. The molecule has 130 valence electrons. The first-order valence-electron chi connectivity index (χ1n) is 7.49. The second-order valence-electron chi connectivity index (χ2n) is 5.37. The summed E-state index contributed by atoms with van der Waals surface area (Å²) < 4.78 is 40.0. The molecule has 0 aliphatic rings. The molecule has 0 atom stereocenters. The molecule has 3 aromatic rings. The Balaban J connectivity index is 1.68. The van der Waals surface area contributed by atoms with Gasteiger partial charge < -0.3 is 4.98 Å². The molecule has 7 nitrogen and oxygen atoms in total. The standard InChI is InChI=1S/C16H15FN4O3S/c17-13-6-2-1-4-11(13)7-9-25(23,24)19-10-14-20-15-12(16(22)21-14)5-3-8-18-15/h1-6,8,19H,7,9-10H2,(H,18,20,21,22). The molecule has 0 aliphatic carbocycles. The largest absolute Gasteiger partial charge is 0.309 e. The summed E-state index contributed by atoms with van der Waals surface area (Å²) >= 11 is 0. The van der Waals surface area contributed by atoms with Gasteiger partial charge in [0.1, 0.15) is 11.6 Å². The topological polar surface area (TPSA) is 105 Å². The molecular weight excluding hydrogens is 347 g/mol. The Kier molecular flexibility index (Phi) is 4.86. The predicted octanol–water partition coefficient (Wildman–Crippen LogP) is 1.12. The number of hydrogen-bond donors (Lipinski definition) is 2. The minimum Gasteiger partial charge on any atom is -0.309 e. The molecule has 0 unspecified atom stereocenters. The Labute approximate surface area is 143 Å². The van der Waals surface area contributed by atoms with E-state index >= 15 is 0 Å². The van der Waals surface area contributed by atoms with Crippen LogP contribution in [0.2, 0.25) is 0 Å². The molecule has 0 saturated carbocycles. The van der Waals surface area contributed by atoms with E-state index in [1.165, 1.54) is 12.3 Å². The normalized spacial score (nSPS) is 11.7. The van der Waals surface area contributed by atoms with E-state index in [9.17, 15) is 17.6 Å². The van der Waals surface area contributed by atoms with Gasteiger partial charge in [0.15, 0.2) is 5.65 Å². The third kappa shape index (κ3) is 4.25. The van der Waals surface area contributed by atoms with Gasteiger partial charge in [-0.25, -0.2) is 27.5 Å². The van der Waals surface area contributed by atoms with Crippen molar-refractivity contribution in [2.75, 3.05) is 5.75 Å². The van der Waals surface area contributed by atoms with Crippen molar-refractivity contribution in [1.82, 2.24) is 19.7 Å². The van der Waals surface area contributed by atoms with E-state index in [-0.39, 0.29) is 30.2 Å². The van der Waals surface area contributed by atoms with Crippen LogP contribution in [-0.2, 0) is 23.0 Å². The highest BCUT2D eigenvalue weighted by Gasteiger charge is 2.13. The van der Waals surface area contributed by atoms with Gasteiger partial charge in [0, 0.05) is 6.20 Å². The van der Waals surface area contributed by atoms with Gasteiger partial charge in [-0.15, -0.1) is 0 Å². The molecule has 25 heavy (non-hydrogen) atoms. The van der Waals surface area contributed by atoms with Crippen LogP contribution < -0.4 is 10.3 Å². The van der Waals surface area contributed by atoms with E-state index in [4.69, 9.17) is 0 Å². The molecule has 9 heteroatoms. The lowest BCUT2D eigenvalue weighted by atomic mass is 10.2. The number of nitrogens with zero attached hydrogens (tertiary/aromatic N) is 2. The molecule has 0 radical (unpaired) electrons. The molecule has 0 amide bonds. The van der Waals surface area contributed by atoms with Crippen molar-refractivity contribution in [3.8, 4) is 0 Å². The van der Waals surface area contributed by atoms with Crippen LogP contribution in [0, 0.1) is 5.82 Å². The van der Waals surface area contributed by atoms with E-state index in [2.05, 4.69) is 19.7 Å². The lowest BCUT2D eigenvalue weighted by Crippen LogP contribution is -2.29. The summed E-state index contributed by atoms with van der Waals surface area (Å²) in [5.41, 5.74) is 0.180. The molecule has 2 N–H and O–H groups in total. The number of halogens is 1. The SMILES string of the molecule is O=c1[nH]c(CNS(=O)(=O)CCc2ccccc2F)nc2ncccc12. The molecule has 0 bridgehead atoms. The number of aromatic amines is 1. The zero-order chi connectivity index (χ0) is 17.9. The third-order valence-corrected chi connectivity index (χ3v) is 4.91. The Morgan fingerprint density at radius 3 is 2.76 bits per heavy atom. The van der Waals surface area contributed by atoms with Gasteiger partial charge in [0.25, 0.3) is 5.56 Å². The molecule has 2 heterocycles. The maximum atomic E-state index is 13.5. The van der Waals surface area contributed by atoms with Gasteiger partial charge in [-0.2, -0.15) is 0 Å². The van der Waals surface area contributed by atoms with Crippen LogP contribution in [0.15, 0.2) is 47.4 Å². The fourth-order valence-corrected chi connectivity index (χ4v) is 3.29. The highest BCUT2D eigenvalue weighted by molar-refractivity contribution is 7.89. The summed E-state index contributed by atoms with van der Waals surface area (Å²) in [6.45, 7) is -0.179. The number of rotatable bonds is 6. The predicted molar refractivity (Wildman–Crippen MR) is 90.9 cm³/mol. The Morgan fingerprint density at radius 2 is 1.96 bits per heavy atom. The monoisotopic (exact) mass is 362 g/mol. The van der Waals surface area contributed by atoms with Crippen molar-refractivity contribution in [1.29, 1.82) is 0 Å². The lowest BCUT2D eigenvalue weighted by molar-refractivity contribution is 0.576. The smallest absolute Gasteiger partial charge is 0.260 e. The molecule has 3 rings (SSSR count). The first-order valence-corrected chi connectivity index (χ1v) is 9.14. The molecular formula is C16H15FN4O3S. The molecule has 0 aliphatic heterocycles. The van der Waals surface area contributed by atoms with Crippen molar-refractivity contribution < 1.29 is 12.8 Å². The van der Waals surface area contributed by atoms with Crippen LogP contribution in [0.5, 0.6) is 0 Å². The fourth-order valence-electron chi connectivity index (χ4n) is 2.30. The van der Waals surface area contributed by atoms with Crippen LogP contribution in [0.4, 0.5) is 4.39 Å². The maximum Gasteiger partial charge on any atom is 0.260 e. The van der Waals surface area contributed by atoms with Gasteiger partial charge in [-0.05, 0) is 30.2 Å². The minimum atomic E-state index is -3.66. The summed E-state index contributed by atoms with van der Waals surface area (Å²) in [5, 5.41) is 0.327. The van der Waals surface area contributed by atoms with Gasteiger partial charge >= 0.3 is 0 Å². The van der Waals surface area contributed by atoms with Gasteiger partial charge in [-0.1, -0.05) is 18.2 Å². The van der Waals surface area contributed by atoms with E-state index < -0.39 is 21.4 Å². The molecule has 2 aromatic heterocycles. The number of benzene rings is 1. The van der Waals surface area contributed by atoms with Crippen LogP contribution >= 0.6 is 0 Å². The van der Waals surface area contributed by atoms with Gasteiger partial charge in [-0.3, -0.25) is 4.79 Å². The number of fused-ring (bicyclic) bond motifs is 1. The zero-order valence-electron chi connectivity index (χ0n) is 13.1. The minimum absolute atomic E-state index is 0.0469. The zero-order valence-corrected chi connectivity index (χ0v) is 13.9. The van der Waals surface area contributed by atoms with E-state index in [0.29, 0.717) is 10.9 Å². The molecule has 0 spiro atoms. The summed E-state index contributed by atoms with van der Waals surface area (Å²) in [6, 6.07) is 9.21. The average Bonchev–Trinajstić information content (AvgIpc) is 2.60. The number of aryl methyl sites for hydroxylation is 1. The van der Waals surface area contributed by atoms with Gasteiger partial charge in [0.05, 0.1) is 17.7 Å². The fraction of sp³-hybridized carbons (Fsp3) is 0.188. The van der Waals surface area contributed by atoms with Crippen molar-refractivity contribution in [3.63, 3.8) is 0 Å². The highest BCUT2D eigenvalue weighted by Crippen LogP contribution is 2.08. The molecule has 0 saturated heterocycles. The Hall–Kier alpha value is -2.65. The van der Waals surface area contributed by atoms with Gasteiger partial charge in [0.2, 0.25) is 10.0 Å². The van der Waals surface area contributed by atoms with Crippen LogP contribution in [0.3, 0.4) is 0 Å². The second-order valence-corrected chi connectivity index (χ2v) is 7.30. The number of pyridine rings is 1. The lowest BCUT2D eigenvalue weighted by Gasteiger charge is -2.07. The summed E-state index contributed by atoms with van der Waals surface area (Å²) in [6.07, 6.45) is 1.54. The van der Waals surface area contributed by atoms with Crippen molar-refractivity contribution >= 4 is 21.1 Å². The van der Waals surface area contributed by atoms with Crippen LogP contribution in [-0.4, -0.2) is 29.1 Å². The summed E-state index contributed by atoms with van der Waals surface area (Å²) in [4.78, 5) is 22.5.